The lowest BCUT2D eigenvalue weighted by atomic mass is 10.2. The van der Waals surface area contributed by atoms with Crippen LogP contribution in [0.4, 0.5) is 17.1 Å². The number of nitrogen functional groups attached to an aromatic ring is 1. The van der Waals surface area contributed by atoms with Gasteiger partial charge in [-0.15, -0.1) is 0 Å². The topological polar surface area (TPSA) is 130 Å². The number of aromatic hydroxyl groups is 1. The molecule has 9 nitrogen and oxygen atoms in total. The number of aromatic nitrogens is 2. The Bertz CT molecular complexity index is 853. The van der Waals surface area contributed by atoms with Gasteiger partial charge < -0.3 is 16.2 Å². The number of nitrogens with one attached hydrogen (secondary N) is 2. The largest absolute Gasteiger partial charge is 0.506 e. The molecule has 0 aliphatic rings. The van der Waals surface area contributed by atoms with E-state index in [0.717, 1.165) is 0 Å². The Morgan fingerprint density at radius 1 is 1.40 bits per heavy atom. The van der Waals surface area contributed by atoms with Crippen LogP contribution in [-0.4, -0.2) is 29.8 Å². The summed E-state index contributed by atoms with van der Waals surface area (Å²) in [5, 5.41) is 12.5. The van der Waals surface area contributed by atoms with Crippen molar-refractivity contribution >= 4 is 33.0 Å². The minimum Gasteiger partial charge on any atom is -0.506 e. The van der Waals surface area contributed by atoms with Crippen LogP contribution in [-0.2, 0) is 28.4 Å². The number of benzene rings is 1. The SMILES string of the molecule is CC(=O)Nc1cc(N)c(NS(=O)(=O)CCCn2cc[n+](C)c2)c(O)c1. The van der Waals surface area contributed by atoms with Crippen LogP contribution in [0.25, 0.3) is 0 Å². The van der Waals surface area contributed by atoms with Gasteiger partial charge in [-0.1, -0.05) is 0 Å². The molecule has 1 aromatic heterocycles. The fourth-order valence-corrected chi connectivity index (χ4v) is 3.46. The van der Waals surface area contributed by atoms with Crippen molar-refractivity contribution in [2.24, 2.45) is 7.05 Å². The molecule has 1 amide bonds. The first-order valence-corrected chi connectivity index (χ1v) is 9.23. The molecule has 1 heterocycles. The molecule has 2 aromatic rings. The summed E-state index contributed by atoms with van der Waals surface area (Å²) in [6.07, 6.45) is 5.96. The first-order valence-electron chi connectivity index (χ1n) is 7.58. The number of imidazole rings is 1. The zero-order chi connectivity index (χ0) is 18.6. The van der Waals surface area contributed by atoms with Crippen LogP contribution in [0.2, 0.25) is 0 Å². The number of nitrogens with zero attached hydrogens (tertiary/aromatic N) is 2. The summed E-state index contributed by atoms with van der Waals surface area (Å²) < 4.78 is 30.4. The summed E-state index contributed by atoms with van der Waals surface area (Å²) in [4.78, 5) is 11.0. The number of aryl methyl sites for hydroxylation is 2. The first kappa shape index (κ1) is 18.6. The summed E-state index contributed by atoms with van der Waals surface area (Å²) in [5.41, 5.74) is 5.99. The normalized spacial score (nSPS) is 11.3. The number of hydrogen-bond donors (Lipinski definition) is 4. The van der Waals surface area contributed by atoms with Gasteiger partial charge in [-0.25, -0.2) is 17.6 Å². The van der Waals surface area contributed by atoms with Gasteiger partial charge in [0.05, 0.1) is 25.0 Å². The molecule has 136 valence electrons. The van der Waals surface area contributed by atoms with Gasteiger partial charge in [0.15, 0.2) is 0 Å². The molecule has 0 saturated carbocycles. The third-order valence-electron chi connectivity index (χ3n) is 3.38. The number of rotatable bonds is 7. The van der Waals surface area contributed by atoms with E-state index in [1.165, 1.54) is 19.1 Å². The van der Waals surface area contributed by atoms with Crippen molar-refractivity contribution in [3.05, 3.63) is 30.9 Å². The Morgan fingerprint density at radius 2 is 2.12 bits per heavy atom. The molecule has 0 fully saturated rings. The molecule has 10 heteroatoms. The molecule has 0 bridgehead atoms. The number of amides is 1. The fraction of sp³-hybridized carbons (Fsp3) is 0.333. The van der Waals surface area contributed by atoms with Gasteiger partial charge in [0.25, 0.3) is 0 Å². The number of phenols is 1. The third kappa shape index (κ3) is 5.38. The molecule has 0 radical (unpaired) electrons. The molecule has 5 N–H and O–H groups in total. The minimum absolute atomic E-state index is 0.0183. The maximum absolute atomic E-state index is 12.2. The van der Waals surface area contributed by atoms with Crippen LogP contribution >= 0.6 is 0 Å². The maximum Gasteiger partial charge on any atom is 0.243 e. The molecule has 1 aromatic carbocycles. The van der Waals surface area contributed by atoms with Crippen LogP contribution in [0.5, 0.6) is 5.75 Å². The Kier molecular flexibility index (Phi) is 5.52. The summed E-state index contributed by atoms with van der Waals surface area (Å²) in [5.74, 6) is -0.809. The average Bonchev–Trinajstić information content (AvgIpc) is 2.88. The molecule has 0 aliphatic carbocycles. The van der Waals surface area contributed by atoms with E-state index in [9.17, 15) is 18.3 Å². The molecular formula is C15H22N5O4S+. The van der Waals surface area contributed by atoms with Gasteiger partial charge in [-0.3, -0.25) is 9.52 Å². The van der Waals surface area contributed by atoms with E-state index in [1.807, 2.05) is 34.9 Å². The highest BCUT2D eigenvalue weighted by Crippen LogP contribution is 2.34. The van der Waals surface area contributed by atoms with E-state index >= 15 is 0 Å². The van der Waals surface area contributed by atoms with E-state index in [1.54, 1.807) is 0 Å². The van der Waals surface area contributed by atoms with Gasteiger partial charge in [-0.2, -0.15) is 0 Å². The van der Waals surface area contributed by atoms with Crippen molar-refractivity contribution < 1.29 is 22.9 Å². The Labute approximate surface area is 146 Å². The quantitative estimate of drug-likeness (QED) is 0.319. The third-order valence-corrected chi connectivity index (χ3v) is 4.72. The lowest BCUT2D eigenvalue weighted by Gasteiger charge is -2.13. The zero-order valence-corrected chi connectivity index (χ0v) is 14.9. The molecule has 0 saturated heterocycles. The lowest BCUT2D eigenvalue weighted by molar-refractivity contribution is -0.671. The number of sulfonamides is 1. The second-order valence-electron chi connectivity index (χ2n) is 5.73. The van der Waals surface area contributed by atoms with Crippen molar-refractivity contribution in [3.8, 4) is 5.75 Å². The van der Waals surface area contributed by atoms with E-state index in [4.69, 9.17) is 5.73 Å². The molecule has 0 aliphatic heterocycles. The number of anilines is 3. The van der Waals surface area contributed by atoms with Crippen LogP contribution < -0.4 is 20.3 Å². The predicted octanol–water partition coefficient (Wildman–Crippen LogP) is 0.391. The molecule has 25 heavy (non-hydrogen) atoms. The Balaban J connectivity index is 2.02. The van der Waals surface area contributed by atoms with E-state index < -0.39 is 10.0 Å². The smallest absolute Gasteiger partial charge is 0.243 e. The predicted molar refractivity (Wildman–Crippen MR) is 94.5 cm³/mol. The van der Waals surface area contributed by atoms with Gasteiger partial charge in [0, 0.05) is 25.1 Å². The average molecular weight is 368 g/mol. The molecule has 0 atom stereocenters. The van der Waals surface area contributed by atoms with Gasteiger partial charge >= 0.3 is 0 Å². The monoisotopic (exact) mass is 368 g/mol. The van der Waals surface area contributed by atoms with Crippen molar-refractivity contribution in [1.29, 1.82) is 0 Å². The van der Waals surface area contributed by atoms with Crippen molar-refractivity contribution in [2.75, 3.05) is 21.5 Å². The second kappa shape index (κ2) is 7.43. The zero-order valence-electron chi connectivity index (χ0n) is 14.1. The van der Waals surface area contributed by atoms with E-state index in [-0.39, 0.29) is 34.5 Å². The molecular weight excluding hydrogens is 346 g/mol. The highest BCUT2D eigenvalue weighted by Gasteiger charge is 2.17. The van der Waals surface area contributed by atoms with Crippen LogP contribution in [0.15, 0.2) is 30.9 Å². The standard InChI is InChI=1S/C15H21N5O4S/c1-11(21)17-12-8-13(16)15(14(22)9-12)18-25(23,24)7-3-4-20-6-5-19(2)10-20/h5-6,8-10,18H,3-4,7,16H2,1-2H3,(H-,17,21,22)/p+1. The number of carbonyl (C=O) groups excluding carboxylic acids is 1. The highest BCUT2D eigenvalue weighted by atomic mass is 32.2. The van der Waals surface area contributed by atoms with E-state index in [0.29, 0.717) is 13.0 Å². The van der Waals surface area contributed by atoms with Gasteiger partial charge in [0.2, 0.25) is 22.3 Å². The summed E-state index contributed by atoms with van der Waals surface area (Å²) in [6.45, 7) is 1.86. The van der Waals surface area contributed by atoms with Crippen molar-refractivity contribution in [3.63, 3.8) is 0 Å². The Morgan fingerprint density at radius 3 is 2.68 bits per heavy atom. The number of hydrogen-bond acceptors (Lipinski definition) is 5. The summed E-state index contributed by atoms with van der Waals surface area (Å²) in [6, 6.07) is 2.61. The summed E-state index contributed by atoms with van der Waals surface area (Å²) >= 11 is 0. The lowest BCUT2D eigenvalue weighted by Crippen LogP contribution is -2.24. The summed E-state index contributed by atoms with van der Waals surface area (Å²) in [7, 11) is -1.80. The van der Waals surface area contributed by atoms with Crippen molar-refractivity contribution in [1.82, 2.24) is 4.57 Å². The van der Waals surface area contributed by atoms with Gasteiger partial charge in [0.1, 0.15) is 23.8 Å². The molecule has 0 spiro atoms. The maximum atomic E-state index is 12.2. The second-order valence-corrected chi connectivity index (χ2v) is 7.57. The van der Waals surface area contributed by atoms with Crippen LogP contribution in [0.3, 0.4) is 0 Å². The van der Waals surface area contributed by atoms with Crippen LogP contribution in [0.1, 0.15) is 13.3 Å². The number of carbonyl (C=O) groups is 1. The van der Waals surface area contributed by atoms with Gasteiger partial charge in [-0.05, 0) is 6.07 Å². The fourth-order valence-electron chi connectivity index (χ4n) is 2.31. The minimum atomic E-state index is -3.68. The number of phenolic OH excluding ortho intramolecular Hbond substituents is 1. The first-order chi connectivity index (χ1) is 11.7. The number of nitrogens with two attached hydrogens (primary N) is 1. The molecule has 0 unspecified atom stereocenters. The van der Waals surface area contributed by atoms with Crippen LogP contribution in [0, 0.1) is 0 Å². The van der Waals surface area contributed by atoms with E-state index in [2.05, 4.69) is 10.0 Å². The van der Waals surface area contributed by atoms with Crippen molar-refractivity contribution in [2.45, 2.75) is 19.9 Å². The molecule has 2 rings (SSSR count). The highest BCUT2D eigenvalue weighted by molar-refractivity contribution is 7.92. The Hall–Kier alpha value is -2.75.